The molecule has 0 saturated carbocycles. The second-order valence-corrected chi connectivity index (χ2v) is 9.65. The Morgan fingerprint density at radius 3 is 2.26 bits per heavy atom. The predicted molar refractivity (Wildman–Crippen MR) is 135 cm³/mol. The van der Waals surface area contributed by atoms with E-state index in [1.165, 1.54) is 12.8 Å². The Morgan fingerprint density at radius 2 is 1.66 bits per heavy atom. The summed E-state index contributed by atoms with van der Waals surface area (Å²) in [5.41, 5.74) is 1.12. The number of amides is 1. The van der Waals surface area contributed by atoms with Gasteiger partial charge in [0, 0.05) is 65.5 Å². The van der Waals surface area contributed by atoms with Crippen LogP contribution in [0.1, 0.15) is 18.4 Å². The summed E-state index contributed by atoms with van der Waals surface area (Å²) in [6.07, 6.45) is 2.80. The average Bonchev–Trinajstić information content (AvgIpc) is 3.41. The first-order valence-electron chi connectivity index (χ1n) is 12.8. The van der Waals surface area contributed by atoms with Crippen molar-refractivity contribution in [2.75, 3.05) is 81.9 Å². The Hall–Kier alpha value is -2.91. The van der Waals surface area contributed by atoms with Crippen molar-refractivity contribution >= 4 is 17.5 Å². The number of rotatable bonds is 7. The number of piperazine rings is 2. The maximum Gasteiger partial charge on any atom is 0.260 e. The molecule has 5 rings (SSSR count). The molecule has 35 heavy (non-hydrogen) atoms. The van der Waals surface area contributed by atoms with E-state index >= 15 is 0 Å². The number of aromatic nitrogens is 2. The van der Waals surface area contributed by atoms with Gasteiger partial charge in [-0.25, -0.2) is 0 Å². The van der Waals surface area contributed by atoms with Crippen LogP contribution in [0.15, 0.2) is 36.4 Å². The second kappa shape index (κ2) is 11.2. The fourth-order valence-corrected chi connectivity index (χ4v) is 5.02. The lowest BCUT2D eigenvalue weighted by Crippen LogP contribution is -2.50. The second-order valence-electron chi connectivity index (χ2n) is 9.65. The van der Waals surface area contributed by atoms with E-state index in [1.807, 2.05) is 36.1 Å². The Bertz CT molecular complexity index is 965. The summed E-state index contributed by atoms with van der Waals surface area (Å²) >= 11 is 0. The first-order chi connectivity index (χ1) is 17.1. The van der Waals surface area contributed by atoms with Gasteiger partial charge in [-0.05, 0) is 49.6 Å². The van der Waals surface area contributed by atoms with Gasteiger partial charge in [-0.3, -0.25) is 9.69 Å². The van der Waals surface area contributed by atoms with E-state index in [2.05, 4.69) is 37.0 Å². The standard InChI is InChI=1S/C26H36N6O3/c1-21-4-2-5-22(18-21)35-20-26(33)32-15-13-31(14-16-32)25-8-7-24(27-28-25)30-11-9-29(10-12-30)19-23-6-3-17-34-23/h2,4-5,7-8,18,23H,3,6,9-17,19-20H2,1H3. The van der Waals surface area contributed by atoms with Crippen LogP contribution in [-0.2, 0) is 9.53 Å². The van der Waals surface area contributed by atoms with Gasteiger partial charge in [0.15, 0.2) is 18.2 Å². The molecule has 0 radical (unpaired) electrons. The smallest absolute Gasteiger partial charge is 0.260 e. The molecule has 2 aromatic rings. The van der Waals surface area contributed by atoms with E-state index in [0.29, 0.717) is 19.2 Å². The molecule has 1 aromatic heterocycles. The zero-order valence-electron chi connectivity index (χ0n) is 20.6. The summed E-state index contributed by atoms with van der Waals surface area (Å²) in [6.45, 7) is 10.8. The molecule has 0 aliphatic carbocycles. The lowest BCUT2D eigenvalue weighted by atomic mass is 10.2. The van der Waals surface area contributed by atoms with Crippen molar-refractivity contribution in [2.45, 2.75) is 25.9 Å². The van der Waals surface area contributed by atoms with E-state index < -0.39 is 0 Å². The normalized spacial score (nSPS) is 21.4. The molecule has 1 unspecified atom stereocenters. The molecular formula is C26H36N6O3. The summed E-state index contributed by atoms with van der Waals surface area (Å²) in [6, 6.07) is 11.9. The van der Waals surface area contributed by atoms with Gasteiger partial charge in [0.25, 0.3) is 5.91 Å². The average molecular weight is 481 g/mol. The third-order valence-corrected chi connectivity index (χ3v) is 7.13. The van der Waals surface area contributed by atoms with Crippen LogP contribution in [0.5, 0.6) is 5.75 Å². The highest BCUT2D eigenvalue weighted by molar-refractivity contribution is 5.78. The van der Waals surface area contributed by atoms with Crippen LogP contribution in [0, 0.1) is 6.92 Å². The number of hydrogen-bond donors (Lipinski definition) is 0. The van der Waals surface area contributed by atoms with Crippen LogP contribution >= 0.6 is 0 Å². The molecule has 1 atom stereocenters. The minimum absolute atomic E-state index is 0.0197. The molecule has 1 amide bonds. The predicted octanol–water partition coefficient (Wildman–Crippen LogP) is 1.81. The Kier molecular flexibility index (Phi) is 7.63. The van der Waals surface area contributed by atoms with Crippen molar-refractivity contribution in [1.82, 2.24) is 20.0 Å². The highest BCUT2D eigenvalue weighted by atomic mass is 16.5. The number of nitrogens with zero attached hydrogens (tertiary/aromatic N) is 6. The molecule has 1 aromatic carbocycles. The van der Waals surface area contributed by atoms with E-state index in [4.69, 9.17) is 9.47 Å². The number of ether oxygens (including phenoxy) is 2. The molecular weight excluding hydrogens is 444 g/mol. The van der Waals surface area contributed by atoms with E-state index in [0.717, 1.165) is 75.4 Å². The summed E-state index contributed by atoms with van der Waals surface area (Å²) in [7, 11) is 0. The number of hydrogen-bond acceptors (Lipinski definition) is 8. The molecule has 0 bridgehead atoms. The van der Waals surface area contributed by atoms with Crippen molar-refractivity contribution in [3.63, 3.8) is 0 Å². The van der Waals surface area contributed by atoms with Crippen LogP contribution in [0.25, 0.3) is 0 Å². The Morgan fingerprint density at radius 1 is 0.971 bits per heavy atom. The molecule has 3 saturated heterocycles. The van der Waals surface area contributed by atoms with E-state index in [9.17, 15) is 4.79 Å². The van der Waals surface area contributed by atoms with Crippen LogP contribution in [0.4, 0.5) is 11.6 Å². The maximum atomic E-state index is 12.6. The van der Waals surface area contributed by atoms with Crippen LogP contribution in [0.2, 0.25) is 0 Å². The minimum atomic E-state index is 0.0197. The molecule has 3 aliphatic heterocycles. The molecule has 3 aliphatic rings. The number of anilines is 2. The highest BCUT2D eigenvalue weighted by Crippen LogP contribution is 2.20. The van der Waals surface area contributed by atoms with Crippen molar-refractivity contribution in [2.24, 2.45) is 0 Å². The van der Waals surface area contributed by atoms with Gasteiger partial charge in [-0.1, -0.05) is 12.1 Å². The van der Waals surface area contributed by atoms with Gasteiger partial charge in [-0.2, -0.15) is 0 Å². The maximum absolute atomic E-state index is 12.6. The van der Waals surface area contributed by atoms with Gasteiger partial charge in [0.05, 0.1) is 6.10 Å². The number of carbonyl (C=O) groups is 1. The van der Waals surface area contributed by atoms with Gasteiger partial charge in [0.2, 0.25) is 0 Å². The summed E-state index contributed by atoms with van der Waals surface area (Å²) in [5.74, 6) is 2.56. The summed E-state index contributed by atoms with van der Waals surface area (Å²) in [4.78, 5) is 21.5. The molecule has 0 spiro atoms. The van der Waals surface area contributed by atoms with E-state index in [1.54, 1.807) is 0 Å². The lowest BCUT2D eigenvalue weighted by molar-refractivity contribution is -0.133. The zero-order chi connectivity index (χ0) is 24.0. The van der Waals surface area contributed by atoms with Crippen molar-refractivity contribution in [3.05, 3.63) is 42.0 Å². The first-order valence-corrected chi connectivity index (χ1v) is 12.8. The molecule has 9 nitrogen and oxygen atoms in total. The van der Waals surface area contributed by atoms with Gasteiger partial charge < -0.3 is 24.2 Å². The monoisotopic (exact) mass is 480 g/mol. The van der Waals surface area contributed by atoms with Crippen molar-refractivity contribution in [1.29, 1.82) is 0 Å². The topological polar surface area (TPSA) is 74.3 Å². The van der Waals surface area contributed by atoms with Crippen LogP contribution in [-0.4, -0.2) is 104 Å². The zero-order valence-corrected chi connectivity index (χ0v) is 20.6. The quantitative estimate of drug-likeness (QED) is 0.594. The van der Waals surface area contributed by atoms with Crippen LogP contribution < -0.4 is 14.5 Å². The number of benzene rings is 1. The fraction of sp³-hybridized carbons (Fsp3) is 0.577. The lowest BCUT2D eigenvalue weighted by Gasteiger charge is -2.37. The van der Waals surface area contributed by atoms with Gasteiger partial charge in [-0.15, -0.1) is 10.2 Å². The molecule has 9 heteroatoms. The highest BCUT2D eigenvalue weighted by Gasteiger charge is 2.25. The van der Waals surface area contributed by atoms with Crippen molar-refractivity contribution < 1.29 is 14.3 Å². The summed E-state index contributed by atoms with van der Waals surface area (Å²) < 4.78 is 11.5. The molecule has 188 valence electrons. The number of carbonyl (C=O) groups excluding carboxylic acids is 1. The van der Waals surface area contributed by atoms with E-state index in [-0.39, 0.29) is 12.5 Å². The molecule has 3 fully saturated rings. The molecule has 0 N–H and O–H groups in total. The summed E-state index contributed by atoms with van der Waals surface area (Å²) in [5, 5.41) is 9.03. The van der Waals surface area contributed by atoms with Crippen LogP contribution in [0.3, 0.4) is 0 Å². The third-order valence-electron chi connectivity index (χ3n) is 7.13. The minimum Gasteiger partial charge on any atom is -0.484 e. The SMILES string of the molecule is Cc1cccc(OCC(=O)N2CCN(c3ccc(N4CCN(CC5CCCO5)CC4)nn3)CC2)c1. The van der Waals surface area contributed by atoms with Gasteiger partial charge >= 0.3 is 0 Å². The van der Waals surface area contributed by atoms with Gasteiger partial charge in [0.1, 0.15) is 5.75 Å². The Labute approximate surface area is 207 Å². The van der Waals surface area contributed by atoms with Crippen molar-refractivity contribution in [3.8, 4) is 5.75 Å². The fourth-order valence-electron chi connectivity index (χ4n) is 5.02. The third kappa shape index (κ3) is 6.21. The largest absolute Gasteiger partial charge is 0.484 e. The molecule has 4 heterocycles. The number of aryl methyl sites for hydroxylation is 1. The Balaban J connectivity index is 1.05. The first kappa shape index (κ1) is 23.8.